The monoisotopic (exact) mass is 515 g/mol. The molecule has 1 fully saturated rings. The first-order chi connectivity index (χ1) is 18.3. The topological polar surface area (TPSA) is 96.9 Å². The highest BCUT2D eigenvalue weighted by Gasteiger charge is 2.36. The molecular weight excluding hydrogens is 482 g/mol. The van der Waals surface area contributed by atoms with Crippen LogP contribution in [0.15, 0.2) is 54.6 Å². The predicted molar refractivity (Wildman–Crippen MR) is 143 cm³/mol. The van der Waals surface area contributed by atoms with Crippen LogP contribution >= 0.6 is 0 Å². The Hall–Kier alpha value is -3.98. The average molecular weight is 516 g/mol. The van der Waals surface area contributed by atoms with E-state index >= 15 is 0 Å². The molecule has 2 aliphatic heterocycles. The average Bonchev–Trinajstić information content (AvgIpc) is 3.30. The van der Waals surface area contributed by atoms with Crippen LogP contribution in [0.1, 0.15) is 46.9 Å². The van der Waals surface area contributed by atoms with E-state index in [4.69, 9.17) is 9.47 Å². The summed E-state index contributed by atoms with van der Waals surface area (Å²) in [7, 11) is 1.62. The van der Waals surface area contributed by atoms with Crippen LogP contribution in [0.3, 0.4) is 0 Å². The maximum atomic E-state index is 13.1. The van der Waals surface area contributed by atoms with Gasteiger partial charge in [-0.3, -0.25) is 9.59 Å². The number of amides is 2. The Bertz CT molecular complexity index is 1330. The number of fused-ring (bicyclic) bond motifs is 5. The van der Waals surface area contributed by atoms with E-state index in [1.807, 2.05) is 49.4 Å². The summed E-state index contributed by atoms with van der Waals surface area (Å²) in [5.41, 5.74) is 3.24. The lowest BCUT2D eigenvalue weighted by atomic mass is 10.1. The first-order valence-electron chi connectivity index (χ1n) is 12.9. The lowest BCUT2D eigenvalue weighted by Crippen LogP contribution is -2.48. The lowest BCUT2D eigenvalue weighted by Gasteiger charge is -2.23. The van der Waals surface area contributed by atoms with Crippen molar-refractivity contribution in [2.75, 3.05) is 31.6 Å². The fourth-order valence-electron chi connectivity index (χ4n) is 4.71. The van der Waals surface area contributed by atoms with E-state index < -0.39 is 0 Å². The maximum Gasteiger partial charge on any atom is 0.254 e. The van der Waals surface area contributed by atoms with E-state index in [1.54, 1.807) is 19.2 Å². The number of carbonyl (C=O) groups is 2. The molecule has 9 heteroatoms. The molecule has 0 spiro atoms. The van der Waals surface area contributed by atoms with Crippen LogP contribution in [0.5, 0.6) is 11.5 Å². The zero-order valence-electron chi connectivity index (χ0n) is 22.2. The van der Waals surface area contributed by atoms with Crippen LogP contribution < -0.4 is 15.0 Å². The molecule has 0 saturated carbocycles. The van der Waals surface area contributed by atoms with Gasteiger partial charge in [-0.2, -0.15) is 5.10 Å². The number of rotatable bonds is 2. The maximum absolute atomic E-state index is 13.1. The molecule has 1 aromatic heterocycles. The quantitative estimate of drug-likeness (QED) is 0.556. The van der Waals surface area contributed by atoms with Crippen LogP contribution in [0.25, 0.3) is 0 Å². The van der Waals surface area contributed by atoms with Crippen LogP contribution in [0, 0.1) is 6.92 Å². The molecule has 5 rings (SSSR count). The molecule has 1 saturated heterocycles. The third-order valence-electron chi connectivity index (χ3n) is 6.95. The molecule has 9 nitrogen and oxygen atoms in total. The van der Waals surface area contributed by atoms with Gasteiger partial charge in [-0.1, -0.05) is 32.0 Å². The van der Waals surface area contributed by atoms with Gasteiger partial charge in [0.15, 0.2) is 5.82 Å². The Morgan fingerprint density at radius 1 is 1.03 bits per heavy atom. The van der Waals surface area contributed by atoms with Gasteiger partial charge in [0, 0.05) is 25.7 Å². The Labute approximate surface area is 222 Å². The van der Waals surface area contributed by atoms with Crippen molar-refractivity contribution in [3.05, 3.63) is 77.0 Å². The number of hydrogen-bond acceptors (Lipinski definition) is 7. The summed E-state index contributed by atoms with van der Waals surface area (Å²) in [6.07, 6.45) is -0.279. The molecule has 4 bridgehead atoms. The third kappa shape index (κ3) is 5.62. The molecule has 38 heavy (non-hydrogen) atoms. The molecule has 2 aliphatic rings. The van der Waals surface area contributed by atoms with Gasteiger partial charge in [-0.25, -0.2) is 0 Å². The van der Waals surface area contributed by atoms with E-state index in [9.17, 15) is 9.59 Å². The Morgan fingerprint density at radius 2 is 1.87 bits per heavy atom. The van der Waals surface area contributed by atoms with Crippen molar-refractivity contribution in [1.29, 1.82) is 0 Å². The van der Waals surface area contributed by atoms with E-state index in [-0.39, 0.29) is 30.5 Å². The predicted octanol–water partition coefficient (Wildman–Crippen LogP) is 3.68. The van der Waals surface area contributed by atoms with Gasteiger partial charge < -0.3 is 24.6 Å². The second-order valence-electron chi connectivity index (χ2n) is 10.3. The number of hydrogen-bond donors (Lipinski definition) is 1. The Balaban J connectivity index is 1.42. The van der Waals surface area contributed by atoms with Crippen LogP contribution in [-0.4, -0.2) is 65.7 Å². The standard InChI is InChI=1S/C29H33N5O4/c1-18(2)23-10-11-27(32-31-23)34-14-24-26(15-34)37-17-20-6-5-7-22(12-20)38-25-13-21(9-8-19(25)3)29(36)33(4)16-28(35)30-24/h5-13,18,24,26H,14-17H2,1-4H3,(H,30,35)/t24-,26-/m0/s1. The Morgan fingerprint density at radius 3 is 2.63 bits per heavy atom. The lowest BCUT2D eigenvalue weighted by molar-refractivity contribution is -0.123. The van der Waals surface area contributed by atoms with Gasteiger partial charge in [-0.05, 0) is 60.4 Å². The summed E-state index contributed by atoms with van der Waals surface area (Å²) in [5, 5.41) is 11.9. The van der Waals surface area contributed by atoms with Crippen molar-refractivity contribution in [3.63, 3.8) is 0 Å². The molecule has 2 amide bonds. The SMILES string of the molecule is Cc1ccc2cc1Oc1cccc(c1)CO[C@H]1CN(c3ccc(C(C)C)nn3)C[C@@H]1NC(=O)CN(C)C2=O. The highest BCUT2D eigenvalue weighted by Crippen LogP contribution is 2.28. The summed E-state index contributed by atoms with van der Waals surface area (Å²) in [5.74, 6) is 1.78. The summed E-state index contributed by atoms with van der Waals surface area (Å²) >= 11 is 0. The molecule has 3 heterocycles. The van der Waals surface area contributed by atoms with Gasteiger partial charge >= 0.3 is 0 Å². The third-order valence-corrected chi connectivity index (χ3v) is 6.95. The molecular formula is C29H33N5O4. The van der Waals surface area contributed by atoms with Gasteiger partial charge in [0.25, 0.3) is 5.91 Å². The number of anilines is 1. The number of aryl methyl sites for hydroxylation is 1. The van der Waals surface area contributed by atoms with Crippen LogP contribution in [0.4, 0.5) is 5.82 Å². The van der Waals surface area contributed by atoms with Gasteiger partial charge in [0.2, 0.25) is 5.91 Å². The van der Waals surface area contributed by atoms with Crippen molar-refractivity contribution in [1.82, 2.24) is 20.4 Å². The minimum Gasteiger partial charge on any atom is -0.457 e. The number of aromatic nitrogens is 2. The fourth-order valence-corrected chi connectivity index (χ4v) is 4.71. The smallest absolute Gasteiger partial charge is 0.254 e. The minimum absolute atomic E-state index is 0.0753. The summed E-state index contributed by atoms with van der Waals surface area (Å²) < 4.78 is 12.5. The zero-order valence-corrected chi connectivity index (χ0v) is 22.2. The normalized spacial score (nSPS) is 20.2. The number of likely N-dealkylation sites (N-methyl/N-ethyl adjacent to an activating group) is 1. The second-order valence-corrected chi connectivity index (χ2v) is 10.3. The largest absolute Gasteiger partial charge is 0.457 e. The second kappa shape index (κ2) is 10.8. The fraction of sp³-hybridized carbons (Fsp3) is 0.379. The van der Waals surface area contributed by atoms with Gasteiger partial charge in [0.1, 0.15) is 11.5 Å². The first-order valence-corrected chi connectivity index (χ1v) is 12.9. The minimum atomic E-state index is -0.282. The van der Waals surface area contributed by atoms with E-state index in [0.717, 1.165) is 22.6 Å². The summed E-state index contributed by atoms with van der Waals surface area (Å²) in [6.45, 7) is 7.44. The molecule has 2 atom stereocenters. The molecule has 1 N–H and O–H groups in total. The number of nitrogens with one attached hydrogen (secondary N) is 1. The molecule has 3 aromatic rings. The van der Waals surface area contributed by atoms with Crippen molar-refractivity contribution < 1.29 is 19.1 Å². The highest BCUT2D eigenvalue weighted by atomic mass is 16.5. The van der Waals surface area contributed by atoms with Crippen LogP contribution in [-0.2, 0) is 16.1 Å². The number of ether oxygens (including phenoxy) is 2. The van der Waals surface area contributed by atoms with Crippen molar-refractivity contribution in [2.24, 2.45) is 0 Å². The number of carbonyl (C=O) groups excluding carboxylic acids is 2. The van der Waals surface area contributed by atoms with Crippen molar-refractivity contribution in [3.8, 4) is 11.5 Å². The Kier molecular flexibility index (Phi) is 7.28. The van der Waals surface area contributed by atoms with Gasteiger partial charge in [-0.15, -0.1) is 5.10 Å². The number of nitrogens with zero attached hydrogens (tertiary/aromatic N) is 4. The summed E-state index contributed by atoms with van der Waals surface area (Å²) in [4.78, 5) is 29.6. The summed E-state index contributed by atoms with van der Waals surface area (Å²) in [6, 6.07) is 16.7. The van der Waals surface area contributed by atoms with Crippen molar-refractivity contribution in [2.45, 2.75) is 45.4 Å². The molecule has 0 aliphatic carbocycles. The molecule has 198 valence electrons. The van der Waals surface area contributed by atoms with E-state index in [2.05, 4.69) is 34.3 Å². The van der Waals surface area contributed by atoms with Crippen LogP contribution in [0.2, 0.25) is 0 Å². The number of benzene rings is 2. The molecule has 0 radical (unpaired) electrons. The van der Waals surface area contributed by atoms with Crippen molar-refractivity contribution >= 4 is 17.6 Å². The first kappa shape index (κ1) is 25.7. The van der Waals surface area contributed by atoms with E-state index in [1.165, 1.54) is 4.90 Å². The molecule has 2 aromatic carbocycles. The van der Waals surface area contributed by atoms with Gasteiger partial charge in [0.05, 0.1) is 31.0 Å². The molecule has 0 unspecified atom stereocenters. The highest BCUT2D eigenvalue weighted by molar-refractivity contribution is 5.96. The van der Waals surface area contributed by atoms with E-state index in [0.29, 0.717) is 42.7 Å². The zero-order chi connectivity index (χ0) is 26.8.